The SMILES string of the molecule is Cc1c(-c2ccc(N3CCc4cccc(C(=O)Nc5nc6ccccc6s5)c4C3)nc2C(=O)O)cnn1CC12CC3(C)CC(C)(C1)CC(OCCN(CCC(N)=O)C(=O)OCc1ccc(NC(=O)[C@H](C)CC(=O)[C@@H](NC(=O)CN4C(=O)[C@@H](N5C(=O)C=CC5=O)C[C@H]4COCCS(=O)(=O)O)C(C)C)cc1CC[C@@H]1O[C@H](C(=O)O)[C@@H](O)[C@H](O)[C@H]1O)(C3)C2. The number of aromatic carboxylic acids is 1. The molecule has 0 spiro atoms. The number of hydrogen-bond donors (Lipinski definition) is 10. The van der Waals surface area contributed by atoms with Gasteiger partial charge in [-0.25, -0.2) is 24.4 Å². The number of Topliss-reactive ketones (excluding diaryl/α,β-unsaturated/α-hetero) is 1. The van der Waals surface area contributed by atoms with Crippen LogP contribution in [0, 0.1) is 35.0 Å². The first-order valence-electron chi connectivity index (χ1n) is 40.0. The number of amides is 8. The maximum absolute atomic E-state index is 14.5. The highest BCUT2D eigenvalue weighted by atomic mass is 32.2. The molecule has 6 fully saturated rings. The van der Waals surface area contributed by atoms with E-state index in [9.17, 15) is 91.2 Å². The number of aliphatic carboxylic acids is 1. The summed E-state index contributed by atoms with van der Waals surface area (Å²) in [4.78, 5) is 162. The maximum Gasteiger partial charge on any atom is 0.410 e. The van der Waals surface area contributed by atoms with Gasteiger partial charge < -0.3 is 75.5 Å². The highest BCUT2D eigenvalue weighted by Crippen LogP contribution is 2.72. The van der Waals surface area contributed by atoms with E-state index >= 15 is 0 Å². The van der Waals surface area contributed by atoms with Gasteiger partial charge >= 0.3 is 18.0 Å². The van der Waals surface area contributed by atoms with Gasteiger partial charge in [-0.1, -0.05) is 76.3 Å². The number of hydrogen-bond acceptors (Lipinski definition) is 25. The third kappa shape index (κ3) is 19.4. The quantitative estimate of drug-likeness (QED) is 0.0136. The van der Waals surface area contributed by atoms with E-state index < -0.39 is 167 Å². The summed E-state index contributed by atoms with van der Waals surface area (Å²) >= 11 is 1.39. The molecule has 8 amide bonds. The lowest BCUT2D eigenvalue weighted by Crippen LogP contribution is -2.64. The zero-order valence-corrected chi connectivity index (χ0v) is 68.9. The second-order valence-corrected chi connectivity index (χ2v) is 36.7. The molecule has 37 heteroatoms. The fraction of sp³-hybridized carbons (Fsp3) is 0.518. The van der Waals surface area contributed by atoms with Crippen molar-refractivity contribution in [1.82, 2.24) is 39.8 Å². The molecular weight excluding hydrogens is 1600 g/mol. The number of ketones is 1. The minimum absolute atomic E-state index is 0.0316. The monoisotopic (exact) mass is 1700 g/mol. The van der Waals surface area contributed by atoms with Crippen molar-refractivity contribution in [3.8, 4) is 11.1 Å². The Bertz CT molecular complexity index is 5120. The molecule has 4 saturated carbocycles. The van der Waals surface area contributed by atoms with E-state index in [1.54, 1.807) is 32.2 Å². The van der Waals surface area contributed by atoms with E-state index in [1.165, 1.54) is 41.4 Å². The number of thiazole rings is 1. The van der Waals surface area contributed by atoms with Crippen LogP contribution >= 0.6 is 11.3 Å². The van der Waals surface area contributed by atoms with E-state index in [2.05, 4.69) is 34.8 Å². The van der Waals surface area contributed by atoms with Gasteiger partial charge in [0.2, 0.25) is 23.6 Å². The number of anilines is 3. The number of rotatable bonds is 35. The zero-order chi connectivity index (χ0) is 86.2. The summed E-state index contributed by atoms with van der Waals surface area (Å²) in [5.74, 6) is -10.2. The molecule has 14 rings (SSSR count). The van der Waals surface area contributed by atoms with Crippen LogP contribution < -0.4 is 26.6 Å². The number of imide groups is 1. The molecule has 6 aromatic rings. The topological polar surface area (TPSA) is 499 Å². The number of carboxylic acids is 2. The molecule has 7 heterocycles. The molecule has 11 N–H and O–H groups in total. The smallest absolute Gasteiger partial charge is 0.410 e. The lowest BCUT2D eigenvalue weighted by Gasteiger charge is -2.69. The van der Waals surface area contributed by atoms with Crippen molar-refractivity contribution in [2.24, 2.45) is 33.8 Å². The van der Waals surface area contributed by atoms with Gasteiger partial charge in [0.15, 0.2) is 22.7 Å². The van der Waals surface area contributed by atoms with Gasteiger partial charge in [0.05, 0.1) is 72.3 Å². The molecule has 3 aromatic carbocycles. The first-order valence-corrected chi connectivity index (χ1v) is 42.4. The molecule has 642 valence electrons. The molecule has 120 heavy (non-hydrogen) atoms. The Morgan fingerprint density at radius 2 is 1.56 bits per heavy atom. The number of nitrogens with one attached hydrogen (secondary N) is 3. The van der Waals surface area contributed by atoms with E-state index in [1.807, 2.05) is 59.0 Å². The van der Waals surface area contributed by atoms with Crippen molar-refractivity contribution >= 4 is 113 Å². The number of ether oxygens (including phenoxy) is 4. The van der Waals surface area contributed by atoms with Gasteiger partial charge in [-0.05, 0) is 152 Å². The number of aromatic nitrogens is 4. The van der Waals surface area contributed by atoms with Gasteiger partial charge in [0.1, 0.15) is 36.8 Å². The Balaban J connectivity index is 0.660. The average Bonchev–Trinajstić information content (AvgIpc) is 0.864. The lowest BCUT2D eigenvalue weighted by atomic mass is 9.39. The number of aryl methyl sites for hydroxylation is 1. The van der Waals surface area contributed by atoms with Gasteiger partial charge in [0, 0.05) is 98.1 Å². The number of pyridine rings is 1. The third-order valence-electron chi connectivity index (χ3n) is 24.2. The number of nitrogens with zero attached hydrogens (tertiary/aromatic N) is 8. The Hall–Kier alpha value is -10.5. The molecule has 11 atom stereocenters. The summed E-state index contributed by atoms with van der Waals surface area (Å²) in [7, 11) is -4.43. The van der Waals surface area contributed by atoms with Gasteiger partial charge in [-0.2, -0.15) is 13.5 Å². The Morgan fingerprint density at radius 3 is 2.25 bits per heavy atom. The second-order valence-electron chi connectivity index (χ2n) is 34.1. The van der Waals surface area contributed by atoms with Crippen LogP contribution in [0.5, 0.6) is 0 Å². The molecule has 3 aromatic heterocycles. The molecule has 4 bridgehead atoms. The van der Waals surface area contributed by atoms with Gasteiger partial charge in [-0.15, -0.1) is 0 Å². The third-order valence-corrected chi connectivity index (χ3v) is 25.8. The van der Waals surface area contributed by atoms with E-state index in [4.69, 9.17) is 34.8 Å². The Morgan fingerprint density at radius 1 is 0.825 bits per heavy atom. The summed E-state index contributed by atoms with van der Waals surface area (Å²) in [6.45, 7) is 10.5. The second kappa shape index (κ2) is 35.3. The fourth-order valence-corrected chi connectivity index (χ4v) is 20.8. The number of likely N-dealkylation sites (tertiary alicyclic amines) is 1. The highest BCUT2D eigenvalue weighted by Gasteiger charge is 2.66. The number of para-hydroxylation sites is 1. The highest BCUT2D eigenvalue weighted by molar-refractivity contribution is 7.85. The number of carbonyl (C=O) groups excluding carboxylic acids is 9. The maximum atomic E-state index is 14.5. The first kappa shape index (κ1) is 87.3. The van der Waals surface area contributed by atoms with Crippen LogP contribution in [0.15, 0.2) is 91.1 Å². The average molecular weight is 1700 g/mol. The van der Waals surface area contributed by atoms with Gasteiger partial charge in [-0.3, -0.25) is 57.8 Å². The predicted molar refractivity (Wildman–Crippen MR) is 432 cm³/mol. The fourth-order valence-electron chi connectivity index (χ4n) is 19.7. The minimum atomic E-state index is -4.43. The van der Waals surface area contributed by atoms with Gasteiger partial charge in [0.25, 0.3) is 27.8 Å². The van der Waals surface area contributed by atoms with Crippen LogP contribution in [0.1, 0.15) is 148 Å². The Kier molecular flexibility index (Phi) is 25.7. The van der Waals surface area contributed by atoms with Crippen molar-refractivity contribution in [3.63, 3.8) is 0 Å². The van der Waals surface area contributed by atoms with Crippen LogP contribution in [0.3, 0.4) is 0 Å². The summed E-state index contributed by atoms with van der Waals surface area (Å²) in [5, 5.41) is 66.8. The molecule has 4 aliphatic heterocycles. The summed E-state index contributed by atoms with van der Waals surface area (Å²) < 4.78 is 58.9. The van der Waals surface area contributed by atoms with Crippen molar-refractivity contribution in [2.75, 3.05) is 67.3 Å². The van der Waals surface area contributed by atoms with Crippen LogP contribution in [0.25, 0.3) is 21.3 Å². The number of aliphatic hydroxyl groups excluding tert-OH is 3. The standard InChI is InChI=1S/C83H100N12O23S2/c1-45(2)67(89-64(98)35-93-52(37-115-28-29-120(112,113)114)32-58(75(93)106)95-65(99)20-21-66(95)100)59(96)30-46(3)73(104)86-51-16-14-50(49(31-51)15-18-60-69(101)70(102)71(103)72(118-60)77(109)110)36-116-79(111)91(25-23-62(84)97)26-27-117-83-41-80(5)38-81(6,42-83)40-82(39-80,43-83)44-94-47(4)55(33-85-94)53-17-19-63(88-68(53)76(107)108)92-24-22-48-10-9-11-54(56(48)34-92)74(105)90-78-87-57-12-7-8-13-61(57)119-78/h7-14,16-17,19-21,31,33,45-46,52,58,60,67,69-72,101-103H,15,18,22-30,32,34-44H2,1-6H3,(H2,84,97)(H,86,104)(H,89,98)(H,107,108)(H,109,110)(H,87,90,105)(H,112,113,114)/t46-,52+,58+,60+,67+,69+,70-,71+,72+,80?,81?,82?,83?/m1/s1. The van der Waals surface area contributed by atoms with E-state index in [0.717, 1.165) is 81.1 Å². The van der Waals surface area contributed by atoms with Crippen LogP contribution in [-0.4, -0.2) is 244 Å². The number of aliphatic hydroxyl groups is 3. The minimum Gasteiger partial charge on any atom is -0.479 e. The number of benzene rings is 3. The molecule has 2 saturated heterocycles. The van der Waals surface area contributed by atoms with Crippen molar-refractivity contribution < 1.29 is 110 Å². The Labute approximate surface area is 695 Å². The van der Waals surface area contributed by atoms with Crippen LogP contribution in [0.4, 0.5) is 21.4 Å². The van der Waals surface area contributed by atoms with Crippen LogP contribution in [-0.2, 0) is 100.0 Å². The van der Waals surface area contributed by atoms with E-state index in [-0.39, 0.29) is 85.5 Å². The summed E-state index contributed by atoms with van der Waals surface area (Å²) in [6, 6.07) is 17.9. The molecule has 0 radical (unpaired) electrons. The zero-order valence-electron chi connectivity index (χ0n) is 67.3. The number of primary amides is 1. The number of nitrogens with two attached hydrogens (primary N) is 1. The molecule has 4 aliphatic carbocycles. The lowest BCUT2D eigenvalue weighted by molar-refractivity contribution is -0.248. The summed E-state index contributed by atoms with van der Waals surface area (Å²) in [5.41, 5.74) is 9.99. The molecular formula is C83H100N12O23S2. The molecule has 35 nitrogen and oxygen atoms in total. The number of carbonyl (C=O) groups is 11. The van der Waals surface area contributed by atoms with Crippen molar-refractivity contribution in [1.29, 1.82) is 0 Å². The number of carboxylic acid groups (broad SMARTS) is 2. The number of fused-ring (bicyclic) bond motifs is 2. The molecule has 2 unspecified atom stereocenters. The normalized spacial score (nSPS) is 25.5. The largest absolute Gasteiger partial charge is 0.479 e. The predicted octanol–water partition coefficient (Wildman–Crippen LogP) is 5.37. The summed E-state index contributed by atoms with van der Waals surface area (Å²) in [6.07, 6.45) is -1.83. The van der Waals surface area contributed by atoms with E-state index in [0.29, 0.717) is 71.2 Å². The van der Waals surface area contributed by atoms with Crippen molar-refractivity contribution in [2.45, 2.75) is 193 Å². The first-order chi connectivity index (χ1) is 56.8. The molecule has 8 aliphatic rings. The van der Waals surface area contributed by atoms with Crippen LogP contribution in [0.2, 0.25) is 0 Å². The van der Waals surface area contributed by atoms with Crippen molar-refractivity contribution in [3.05, 3.63) is 130 Å².